The molecule has 0 spiro atoms. The summed E-state index contributed by atoms with van der Waals surface area (Å²) in [5.41, 5.74) is 0.865. The fourth-order valence-corrected chi connectivity index (χ4v) is 2.14. The van der Waals surface area contributed by atoms with Crippen molar-refractivity contribution in [2.24, 2.45) is 0 Å². The average molecular weight is 194 g/mol. The van der Waals surface area contributed by atoms with E-state index in [0.717, 1.165) is 12.1 Å². The number of benzene rings is 1. The molecule has 0 amide bonds. The summed E-state index contributed by atoms with van der Waals surface area (Å²) in [4.78, 5) is 1.53. The highest BCUT2D eigenvalue weighted by Crippen LogP contribution is 2.05. The van der Waals surface area contributed by atoms with Crippen molar-refractivity contribution in [3.63, 3.8) is 0 Å². The highest BCUT2D eigenvalue weighted by molar-refractivity contribution is 5.15. The quantitative estimate of drug-likeness (QED) is 0.725. The van der Waals surface area contributed by atoms with Crippen LogP contribution in [0.4, 0.5) is 4.39 Å². The molecule has 0 unspecified atom stereocenters. The molecular weight excluding hydrogens is 177 g/mol. The van der Waals surface area contributed by atoms with Gasteiger partial charge >= 0.3 is 0 Å². The Balaban J connectivity index is 1.99. The Kier molecular flexibility index (Phi) is 3.14. The van der Waals surface area contributed by atoms with E-state index in [1.807, 2.05) is 12.1 Å². The van der Waals surface area contributed by atoms with Crippen LogP contribution in [-0.4, -0.2) is 13.1 Å². The van der Waals surface area contributed by atoms with E-state index in [1.54, 1.807) is 12.1 Å². The minimum atomic E-state index is -0.0504. The van der Waals surface area contributed by atoms with Crippen LogP contribution in [0.3, 0.4) is 0 Å². The van der Waals surface area contributed by atoms with E-state index in [2.05, 4.69) is 0 Å². The van der Waals surface area contributed by atoms with E-state index < -0.39 is 0 Å². The Morgan fingerprint density at radius 3 is 2.50 bits per heavy atom. The highest BCUT2D eigenvalue weighted by Gasteiger charge is 2.15. The van der Waals surface area contributed by atoms with Crippen LogP contribution in [0.2, 0.25) is 0 Å². The summed E-state index contributed by atoms with van der Waals surface area (Å²) in [7, 11) is 0. The molecular formula is C12H17FN+. The maximum Gasteiger partial charge on any atom is 0.132 e. The van der Waals surface area contributed by atoms with Crippen LogP contribution in [0.5, 0.6) is 0 Å². The summed E-state index contributed by atoms with van der Waals surface area (Å²) in [6.07, 6.45) is 3.94. The molecule has 0 aliphatic carbocycles. The lowest BCUT2D eigenvalue weighted by Crippen LogP contribution is -3.11. The summed E-state index contributed by atoms with van der Waals surface area (Å²) in [5.74, 6) is -0.0504. The molecule has 1 aliphatic rings. The van der Waals surface area contributed by atoms with Gasteiger partial charge < -0.3 is 4.90 Å². The lowest BCUT2D eigenvalue weighted by Gasteiger charge is -2.23. The van der Waals surface area contributed by atoms with Gasteiger partial charge in [0.1, 0.15) is 12.4 Å². The van der Waals surface area contributed by atoms with Gasteiger partial charge in [-0.25, -0.2) is 4.39 Å². The van der Waals surface area contributed by atoms with Gasteiger partial charge in [0.2, 0.25) is 0 Å². The normalized spacial score (nSPS) is 18.4. The van der Waals surface area contributed by atoms with Crippen LogP contribution in [-0.2, 0) is 6.54 Å². The third-order valence-electron chi connectivity index (χ3n) is 2.96. The molecule has 2 rings (SSSR count). The molecule has 76 valence electrons. The predicted molar refractivity (Wildman–Crippen MR) is 54.7 cm³/mol. The SMILES string of the molecule is Fc1ccccc1C[NH+]1CCCCC1. The number of nitrogens with one attached hydrogen (secondary N) is 1. The van der Waals surface area contributed by atoms with Gasteiger partial charge in [0, 0.05) is 5.56 Å². The van der Waals surface area contributed by atoms with E-state index in [4.69, 9.17) is 0 Å². The first kappa shape index (κ1) is 9.66. The van der Waals surface area contributed by atoms with Gasteiger partial charge in [-0.1, -0.05) is 18.2 Å². The van der Waals surface area contributed by atoms with E-state index >= 15 is 0 Å². The molecule has 1 aromatic carbocycles. The first-order valence-corrected chi connectivity index (χ1v) is 5.43. The molecule has 2 heteroatoms. The van der Waals surface area contributed by atoms with Crippen LogP contribution >= 0.6 is 0 Å². The number of quaternary nitrogens is 1. The van der Waals surface area contributed by atoms with E-state index in [0.29, 0.717) is 0 Å². The van der Waals surface area contributed by atoms with Crippen molar-refractivity contribution in [1.82, 2.24) is 0 Å². The minimum Gasteiger partial charge on any atom is -0.331 e. The summed E-state index contributed by atoms with van der Waals surface area (Å²) in [5, 5.41) is 0. The number of hydrogen-bond acceptors (Lipinski definition) is 0. The van der Waals surface area contributed by atoms with Crippen LogP contribution in [0.25, 0.3) is 0 Å². The molecule has 0 atom stereocenters. The maximum absolute atomic E-state index is 13.3. The molecule has 1 fully saturated rings. The van der Waals surface area contributed by atoms with Gasteiger partial charge in [0.05, 0.1) is 13.1 Å². The van der Waals surface area contributed by atoms with E-state index in [9.17, 15) is 4.39 Å². The Bertz CT molecular complexity index is 292. The van der Waals surface area contributed by atoms with E-state index in [-0.39, 0.29) is 5.82 Å². The molecule has 1 aliphatic heterocycles. The lowest BCUT2D eigenvalue weighted by molar-refractivity contribution is -0.918. The lowest BCUT2D eigenvalue weighted by atomic mass is 10.1. The molecule has 0 saturated carbocycles. The molecule has 0 bridgehead atoms. The Hall–Kier alpha value is -0.890. The second-order valence-electron chi connectivity index (χ2n) is 4.08. The summed E-state index contributed by atoms with van der Waals surface area (Å²) in [6.45, 7) is 3.26. The highest BCUT2D eigenvalue weighted by atomic mass is 19.1. The zero-order chi connectivity index (χ0) is 9.80. The van der Waals surface area contributed by atoms with Gasteiger partial charge in [0.15, 0.2) is 0 Å². The standard InChI is InChI=1S/C12H16FN/c13-12-7-3-2-6-11(12)10-14-8-4-1-5-9-14/h2-3,6-7H,1,4-5,8-10H2/p+1. The molecule has 1 aromatic rings. The number of piperidine rings is 1. The van der Waals surface area contributed by atoms with Gasteiger partial charge in [-0.2, -0.15) is 0 Å². The van der Waals surface area contributed by atoms with Crippen molar-refractivity contribution < 1.29 is 9.29 Å². The number of halogens is 1. The molecule has 1 saturated heterocycles. The molecule has 0 aromatic heterocycles. The molecule has 14 heavy (non-hydrogen) atoms. The minimum absolute atomic E-state index is 0.0504. The zero-order valence-corrected chi connectivity index (χ0v) is 8.43. The third kappa shape index (κ3) is 2.32. The Morgan fingerprint density at radius 2 is 1.79 bits per heavy atom. The summed E-state index contributed by atoms with van der Waals surface area (Å²) in [6, 6.07) is 7.13. The summed E-state index contributed by atoms with van der Waals surface area (Å²) >= 11 is 0. The van der Waals surface area contributed by atoms with Crippen molar-refractivity contribution >= 4 is 0 Å². The molecule has 1 heterocycles. The van der Waals surface area contributed by atoms with Crippen molar-refractivity contribution in [1.29, 1.82) is 0 Å². The smallest absolute Gasteiger partial charge is 0.132 e. The second-order valence-corrected chi connectivity index (χ2v) is 4.08. The van der Waals surface area contributed by atoms with Crippen LogP contribution in [0, 0.1) is 5.82 Å². The van der Waals surface area contributed by atoms with Gasteiger partial charge in [-0.3, -0.25) is 0 Å². The zero-order valence-electron chi connectivity index (χ0n) is 8.43. The number of hydrogen-bond donors (Lipinski definition) is 1. The second kappa shape index (κ2) is 4.56. The van der Waals surface area contributed by atoms with Crippen molar-refractivity contribution in [2.75, 3.05) is 13.1 Å². The predicted octanol–water partition coefficient (Wildman–Crippen LogP) is 1.39. The third-order valence-corrected chi connectivity index (χ3v) is 2.96. The van der Waals surface area contributed by atoms with Crippen LogP contribution in [0.15, 0.2) is 24.3 Å². The number of likely N-dealkylation sites (tertiary alicyclic amines) is 1. The van der Waals surface area contributed by atoms with Crippen LogP contribution < -0.4 is 4.90 Å². The Morgan fingerprint density at radius 1 is 1.07 bits per heavy atom. The van der Waals surface area contributed by atoms with Crippen LogP contribution in [0.1, 0.15) is 24.8 Å². The molecule has 1 nitrogen and oxygen atoms in total. The molecule has 1 N–H and O–H groups in total. The monoisotopic (exact) mass is 194 g/mol. The summed E-state index contributed by atoms with van der Waals surface area (Å²) < 4.78 is 13.3. The van der Waals surface area contributed by atoms with Gasteiger partial charge in [-0.05, 0) is 25.3 Å². The van der Waals surface area contributed by atoms with Crippen molar-refractivity contribution in [2.45, 2.75) is 25.8 Å². The topological polar surface area (TPSA) is 4.44 Å². The fourth-order valence-electron chi connectivity index (χ4n) is 2.14. The Labute approximate surface area is 84.5 Å². The largest absolute Gasteiger partial charge is 0.331 e. The van der Waals surface area contributed by atoms with Crippen molar-refractivity contribution in [3.05, 3.63) is 35.6 Å². The van der Waals surface area contributed by atoms with Crippen molar-refractivity contribution in [3.8, 4) is 0 Å². The van der Waals surface area contributed by atoms with Gasteiger partial charge in [-0.15, -0.1) is 0 Å². The van der Waals surface area contributed by atoms with Gasteiger partial charge in [0.25, 0.3) is 0 Å². The first-order valence-electron chi connectivity index (χ1n) is 5.43. The average Bonchev–Trinajstić information content (AvgIpc) is 2.23. The molecule has 0 radical (unpaired) electrons. The number of rotatable bonds is 2. The van der Waals surface area contributed by atoms with E-state index in [1.165, 1.54) is 37.3 Å². The first-order chi connectivity index (χ1) is 6.86. The maximum atomic E-state index is 13.3. The fraction of sp³-hybridized carbons (Fsp3) is 0.500.